The summed E-state index contributed by atoms with van der Waals surface area (Å²) in [6.45, 7) is 1.99. The molecule has 1 N–H and O–H groups in total. The molecule has 150 valence electrons. The van der Waals surface area contributed by atoms with Gasteiger partial charge in [-0.05, 0) is 48.4 Å². The van der Waals surface area contributed by atoms with E-state index in [4.69, 9.17) is 21.1 Å². The number of hydrogen-bond acceptors (Lipinski definition) is 5. The molecule has 3 amide bonds. The molecule has 2 aromatic carbocycles. The van der Waals surface area contributed by atoms with Crippen molar-refractivity contribution in [3.05, 3.63) is 70.4 Å². The number of amides is 3. The molecule has 0 radical (unpaired) electrons. The Balaban J connectivity index is 1.64. The van der Waals surface area contributed by atoms with Gasteiger partial charge in [-0.25, -0.2) is 9.59 Å². The summed E-state index contributed by atoms with van der Waals surface area (Å²) in [6, 6.07) is 13.2. The molecule has 1 aliphatic rings. The highest BCUT2D eigenvalue weighted by molar-refractivity contribution is 6.30. The Morgan fingerprint density at radius 1 is 1.10 bits per heavy atom. The van der Waals surface area contributed by atoms with Crippen LogP contribution in [0.15, 0.2) is 54.2 Å². The number of imide groups is 1. The zero-order valence-corrected chi connectivity index (χ0v) is 16.4. The molecule has 8 heteroatoms. The molecule has 1 aliphatic heterocycles. The van der Waals surface area contributed by atoms with Crippen molar-refractivity contribution < 1.29 is 23.9 Å². The van der Waals surface area contributed by atoms with Crippen LogP contribution in [0.3, 0.4) is 0 Å². The minimum absolute atomic E-state index is 0.153. The molecule has 0 unspecified atom stereocenters. The Bertz CT molecular complexity index is 939. The molecule has 0 aliphatic carbocycles. The largest absolute Gasteiger partial charge is 0.482 e. The number of rotatable bonds is 7. The van der Waals surface area contributed by atoms with Gasteiger partial charge in [0.05, 0.1) is 13.2 Å². The third kappa shape index (κ3) is 5.36. The number of hydrogen-bond donors (Lipinski definition) is 1. The maximum Gasteiger partial charge on any atom is 0.344 e. The first-order valence-electron chi connectivity index (χ1n) is 8.93. The number of nitrogens with one attached hydrogen (secondary N) is 1. The highest BCUT2D eigenvalue weighted by Crippen LogP contribution is 2.19. The SMILES string of the molecule is CCOC(=O)COc1ccc(/C=C2\NC(=O)N(Cc3ccc(Cl)cc3)C2=O)cc1. The average Bonchev–Trinajstić information content (AvgIpc) is 2.97. The van der Waals surface area contributed by atoms with Crippen LogP contribution in [0.2, 0.25) is 5.02 Å². The summed E-state index contributed by atoms with van der Waals surface area (Å²) < 4.78 is 10.1. The van der Waals surface area contributed by atoms with Crippen LogP contribution in [0, 0.1) is 0 Å². The number of benzene rings is 2. The van der Waals surface area contributed by atoms with Crippen LogP contribution in [-0.2, 0) is 20.9 Å². The van der Waals surface area contributed by atoms with Crippen molar-refractivity contribution >= 4 is 35.6 Å². The first kappa shape index (κ1) is 20.4. The summed E-state index contributed by atoms with van der Waals surface area (Å²) in [7, 11) is 0. The molecule has 7 nitrogen and oxygen atoms in total. The lowest BCUT2D eigenvalue weighted by Gasteiger charge is -2.11. The van der Waals surface area contributed by atoms with Crippen molar-refractivity contribution in [1.29, 1.82) is 0 Å². The second kappa shape index (κ2) is 9.25. The summed E-state index contributed by atoms with van der Waals surface area (Å²) >= 11 is 5.86. The molecule has 0 atom stereocenters. The zero-order chi connectivity index (χ0) is 20.8. The normalized spacial score (nSPS) is 14.8. The second-order valence-electron chi connectivity index (χ2n) is 6.17. The van der Waals surface area contributed by atoms with Gasteiger partial charge in [0.15, 0.2) is 6.61 Å². The van der Waals surface area contributed by atoms with E-state index in [2.05, 4.69) is 5.32 Å². The van der Waals surface area contributed by atoms with Crippen molar-refractivity contribution in [1.82, 2.24) is 10.2 Å². The molecule has 1 saturated heterocycles. The summed E-state index contributed by atoms with van der Waals surface area (Å²) in [5, 5.41) is 3.17. The fourth-order valence-corrected chi connectivity index (χ4v) is 2.79. The Morgan fingerprint density at radius 3 is 2.45 bits per heavy atom. The Labute approximate surface area is 172 Å². The van der Waals surface area contributed by atoms with Crippen LogP contribution >= 0.6 is 11.6 Å². The van der Waals surface area contributed by atoms with Gasteiger partial charge < -0.3 is 14.8 Å². The van der Waals surface area contributed by atoms with Gasteiger partial charge in [-0.2, -0.15) is 0 Å². The molecule has 3 rings (SSSR count). The third-order valence-corrected chi connectivity index (χ3v) is 4.32. The molecular formula is C21H19ClN2O5. The lowest BCUT2D eigenvalue weighted by molar-refractivity contribution is -0.145. The van der Waals surface area contributed by atoms with Gasteiger partial charge in [0.1, 0.15) is 11.4 Å². The monoisotopic (exact) mass is 414 g/mol. The molecule has 2 aromatic rings. The lowest BCUT2D eigenvalue weighted by Crippen LogP contribution is -2.30. The van der Waals surface area contributed by atoms with Crippen LogP contribution in [-0.4, -0.2) is 36.0 Å². The highest BCUT2D eigenvalue weighted by Gasteiger charge is 2.33. The number of esters is 1. The molecule has 1 fully saturated rings. The van der Waals surface area contributed by atoms with E-state index in [1.807, 2.05) is 0 Å². The topological polar surface area (TPSA) is 84.9 Å². The van der Waals surface area contributed by atoms with Crippen LogP contribution in [0.1, 0.15) is 18.1 Å². The fourth-order valence-electron chi connectivity index (χ4n) is 2.66. The van der Waals surface area contributed by atoms with Crippen molar-refractivity contribution in [2.45, 2.75) is 13.5 Å². The molecular weight excluding hydrogens is 396 g/mol. The standard InChI is InChI=1S/C21H19ClN2O5/c1-2-28-19(25)13-29-17-9-5-14(6-10-17)11-18-20(26)24(21(27)23-18)12-15-3-7-16(22)8-4-15/h3-11H,2,12-13H2,1H3,(H,23,27)/b18-11-. The molecule has 29 heavy (non-hydrogen) atoms. The van der Waals surface area contributed by atoms with Gasteiger partial charge in [0.25, 0.3) is 5.91 Å². The van der Waals surface area contributed by atoms with Gasteiger partial charge in [-0.3, -0.25) is 9.69 Å². The van der Waals surface area contributed by atoms with Crippen molar-refractivity contribution in [3.8, 4) is 5.75 Å². The van der Waals surface area contributed by atoms with E-state index >= 15 is 0 Å². The maximum atomic E-state index is 12.6. The molecule has 0 saturated carbocycles. The van der Waals surface area contributed by atoms with Gasteiger partial charge in [-0.15, -0.1) is 0 Å². The average molecular weight is 415 g/mol. The number of halogens is 1. The second-order valence-corrected chi connectivity index (χ2v) is 6.61. The zero-order valence-electron chi connectivity index (χ0n) is 15.7. The number of nitrogens with zero attached hydrogens (tertiary/aromatic N) is 1. The van der Waals surface area contributed by atoms with E-state index in [0.717, 1.165) is 10.5 Å². The predicted molar refractivity (Wildman–Crippen MR) is 107 cm³/mol. The number of carbonyl (C=O) groups is 3. The lowest BCUT2D eigenvalue weighted by atomic mass is 10.1. The first-order chi connectivity index (χ1) is 14.0. The van der Waals surface area contributed by atoms with E-state index in [1.54, 1.807) is 61.5 Å². The summed E-state index contributed by atoms with van der Waals surface area (Å²) in [5.41, 5.74) is 1.68. The maximum absolute atomic E-state index is 12.6. The Morgan fingerprint density at radius 2 is 1.79 bits per heavy atom. The minimum atomic E-state index is -0.481. The highest BCUT2D eigenvalue weighted by atomic mass is 35.5. The van der Waals surface area contributed by atoms with Crippen LogP contribution in [0.25, 0.3) is 6.08 Å². The van der Waals surface area contributed by atoms with E-state index in [9.17, 15) is 14.4 Å². The quantitative estimate of drug-likeness (QED) is 0.426. The van der Waals surface area contributed by atoms with E-state index in [1.165, 1.54) is 0 Å². The predicted octanol–water partition coefficient (Wildman–Crippen LogP) is 3.37. The third-order valence-electron chi connectivity index (χ3n) is 4.07. The van der Waals surface area contributed by atoms with Gasteiger partial charge in [0, 0.05) is 5.02 Å². The summed E-state index contributed by atoms with van der Waals surface area (Å²) in [6.07, 6.45) is 1.58. The van der Waals surface area contributed by atoms with Gasteiger partial charge in [-0.1, -0.05) is 35.9 Å². The molecule has 0 spiro atoms. The van der Waals surface area contributed by atoms with Gasteiger partial charge >= 0.3 is 12.0 Å². The van der Waals surface area contributed by atoms with Crippen molar-refractivity contribution in [2.24, 2.45) is 0 Å². The summed E-state index contributed by atoms with van der Waals surface area (Å²) in [4.78, 5) is 37.2. The Kier molecular flexibility index (Phi) is 6.51. The fraction of sp³-hybridized carbons (Fsp3) is 0.190. The molecule has 0 bridgehead atoms. The molecule has 0 aromatic heterocycles. The van der Waals surface area contributed by atoms with Gasteiger partial charge in [0.2, 0.25) is 0 Å². The smallest absolute Gasteiger partial charge is 0.344 e. The molecule has 1 heterocycles. The van der Waals surface area contributed by atoms with Crippen molar-refractivity contribution in [3.63, 3.8) is 0 Å². The van der Waals surface area contributed by atoms with E-state index in [0.29, 0.717) is 22.9 Å². The van der Waals surface area contributed by atoms with Crippen LogP contribution in [0.5, 0.6) is 5.75 Å². The van der Waals surface area contributed by atoms with Crippen LogP contribution < -0.4 is 10.1 Å². The van der Waals surface area contributed by atoms with Crippen LogP contribution in [0.4, 0.5) is 4.79 Å². The summed E-state index contributed by atoms with van der Waals surface area (Å²) in [5.74, 6) is -0.363. The number of urea groups is 1. The van der Waals surface area contributed by atoms with E-state index in [-0.39, 0.29) is 18.8 Å². The van der Waals surface area contributed by atoms with Crippen molar-refractivity contribution in [2.75, 3.05) is 13.2 Å². The first-order valence-corrected chi connectivity index (χ1v) is 9.31. The minimum Gasteiger partial charge on any atom is -0.482 e. The number of carbonyl (C=O) groups excluding carboxylic acids is 3. The Hall–Kier alpha value is -3.32. The number of ether oxygens (including phenoxy) is 2. The van der Waals surface area contributed by atoms with E-state index < -0.39 is 17.9 Å².